The van der Waals surface area contributed by atoms with Crippen molar-refractivity contribution in [1.82, 2.24) is 0 Å². The fourth-order valence-corrected chi connectivity index (χ4v) is 0.776. The number of rotatable bonds is 5. The highest BCUT2D eigenvalue weighted by molar-refractivity contribution is 5.08. The monoisotopic (exact) mass is 154 g/mol. The molecule has 62 valence electrons. The zero-order valence-electron chi connectivity index (χ0n) is 7.02. The van der Waals surface area contributed by atoms with Gasteiger partial charge in [-0.1, -0.05) is 36.5 Å². The van der Waals surface area contributed by atoms with E-state index in [2.05, 4.69) is 6.58 Å². The van der Waals surface area contributed by atoms with E-state index >= 15 is 0 Å². The van der Waals surface area contributed by atoms with Crippen LogP contribution in [0.1, 0.15) is 19.8 Å². The molecular formula is C10H15F. The van der Waals surface area contributed by atoms with E-state index in [0.717, 1.165) is 12.8 Å². The largest absolute Gasteiger partial charge is 0.247 e. The maximum atomic E-state index is 11.5. The van der Waals surface area contributed by atoms with E-state index in [1.54, 1.807) is 12.2 Å². The number of hydrogen-bond donors (Lipinski definition) is 0. The summed E-state index contributed by atoms with van der Waals surface area (Å²) in [6, 6.07) is 0. The van der Waals surface area contributed by atoms with E-state index in [1.807, 2.05) is 19.1 Å². The van der Waals surface area contributed by atoms with Gasteiger partial charge in [0.25, 0.3) is 0 Å². The van der Waals surface area contributed by atoms with E-state index in [1.165, 1.54) is 5.57 Å². The third-order valence-corrected chi connectivity index (χ3v) is 1.36. The second-order valence-electron chi connectivity index (χ2n) is 2.41. The lowest BCUT2D eigenvalue weighted by Gasteiger charge is -1.93. The molecule has 0 N–H and O–H groups in total. The average molecular weight is 154 g/mol. The predicted octanol–water partition coefficient (Wildman–Crippen LogP) is 3.42. The smallest absolute Gasteiger partial charge is 0.108 e. The van der Waals surface area contributed by atoms with Crippen LogP contribution in [0.4, 0.5) is 4.39 Å². The Morgan fingerprint density at radius 3 is 2.73 bits per heavy atom. The van der Waals surface area contributed by atoms with Crippen molar-refractivity contribution in [2.45, 2.75) is 19.8 Å². The molecule has 0 aromatic heterocycles. The molecule has 0 amide bonds. The van der Waals surface area contributed by atoms with Crippen molar-refractivity contribution in [2.75, 3.05) is 6.67 Å². The van der Waals surface area contributed by atoms with Gasteiger partial charge >= 0.3 is 0 Å². The van der Waals surface area contributed by atoms with Crippen LogP contribution in [0, 0.1) is 0 Å². The first kappa shape index (κ1) is 10.2. The Labute approximate surface area is 68.1 Å². The van der Waals surface area contributed by atoms with E-state index in [0.29, 0.717) is 0 Å². The lowest BCUT2D eigenvalue weighted by molar-refractivity contribution is 0.560. The third kappa shape index (κ3) is 7.04. The van der Waals surface area contributed by atoms with Gasteiger partial charge in [0.15, 0.2) is 0 Å². The molecule has 0 aromatic rings. The summed E-state index contributed by atoms with van der Waals surface area (Å²) >= 11 is 0. The topological polar surface area (TPSA) is 0 Å². The molecular weight excluding hydrogens is 139 g/mol. The van der Waals surface area contributed by atoms with Crippen LogP contribution in [0.3, 0.4) is 0 Å². The molecule has 1 heteroatoms. The molecule has 11 heavy (non-hydrogen) atoms. The lowest BCUT2D eigenvalue weighted by Crippen LogP contribution is -1.74. The van der Waals surface area contributed by atoms with Crippen molar-refractivity contribution in [3.05, 3.63) is 36.5 Å². The van der Waals surface area contributed by atoms with E-state index < -0.39 is 0 Å². The number of allylic oxidation sites excluding steroid dienone is 5. The quantitative estimate of drug-likeness (QED) is 0.420. The molecule has 0 aliphatic heterocycles. The molecule has 0 nitrogen and oxygen atoms in total. The van der Waals surface area contributed by atoms with Crippen LogP contribution in [0.25, 0.3) is 0 Å². The Morgan fingerprint density at radius 2 is 2.18 bits per heavy atom. The van der Waals surface area contributed by atoms with Crippen molar-refractivity contribution in [1.29, 1.82) is 0 Å². The Bertz CT molecular complexity index is 154. The van der Waals surface area contributed by atoms with Gasteiger partial charge in [-0.3, -0.25) is 0 Å². The molecule has 0 saturated heterocycles. The minimum absolute atomic E-state index is 0.357. The summed E-state index contributed by atoms with van der Waals surface area (Å²) in [6.07, 6.45) is 9.06. The summed E-state index contributed by atoms with van der Waals surface area (Å²) in [4.78, 5) is 0. The molecule has 0 aliphatic carbocycles. The minimum atomic E-state index is -0.357. The Hall–Kier alpha value is -0.850. The van der Waals surface area contributed by atoms with Gasteiger partial charge in [-0.05, 0) is 19.8 Å². The van der Waals surface area contributed by atoms with Crippen LogP contribution in [-0.2, 0) is 0 Å². The molecule has 0 aromatic carbocycles. The van der Waals surface area contributed by atoms with Crippen molar-refractivity contribution in [2.24, 2.45) is 0 Å². The summed E-state index contributed by atoms with van der Waals surface area (Å²) in [5, 5.41) is 0. The first-order valence-electron chi connectivity index (χ1n) is 3.80. The Kier molecular flexibility index (Phi) is 6.70. The molecule has 0 heterocycles. The average Bonchev–Trinajstić information content (AvgIpc) is 1.99. The fraction of sp³-hybridized carbons (Fsp3) is 0.400. The normalized spacial score (nSPS) is 12.4. The second kappa shape index (κ2) is 7.26. The van der Waals surface area contributed by atoms with Crippen molar-refractivity contribution >= 4 is 0 Å². The highest BCUT2D eigenvalue weighted by Crippen LogP contribution is 2.03. The summed E-state index contributed by atoms with van der Waals surface area (Å²) in [5.74, 6) is 0. The Morgan fingerprint density at radius 1 is 1.45 bits per heavy atom. The number of alkyl halides is 1. The van der Waals surface area contributed by atoms with Gasteiger partial charge < -0.3 is 0 Å². The van der Waals surface area contributed by atoms with E-state index in [9.17, 15) is 4.39 Å². The zero-order chi connectivity index (χ0) is 8.53. The van der Waals surface area contributed by atoms with Crippen LogP contribution in [0.5, 0.6) is 0 Å². The summed E-state index contributed by atoms with van der Waals surface area (Å²) in [5.41, 5.74) is 1.28. The molecule has 0 fully saturated rings. The summed E-state index contributed by atoms with van der Waals surface area (Å²) in [6.45, 7) is 5.28. The van der Waals surface area contributed by atoms with Gasteiger partial charge in [-0.15, -0.1) is 0 Å². The minimum Gasteiger partial charge on any atom is -0.247 e. The van der Waals surface area contributed by atoms with Gasteiger partial charge in [0.2, 0.25) is 0 Å². The standard InChI is InChI=1S/C10H15F/c1-3-7-10(2)8-5-4-6-9-11/h3-4,6-7H,1,5,8-9H2,2H3/b6-4+,10-7-. The molecule has 0 unspecified atom stereocenters. The number of hydrogen-bond acceptors (Lipinski definition) is 0. The lowest BCUT2D eigenvalue weighted by atomic mass is 10.1. The van der Waals surface area contributed by atoms with Crippen LogP contribution < -0.4 is 0 Å². The van der Waals surface area contributed by atoms with E-state index in [4.69, 9.17) is 0 Å². The third-order valence-electron chi connectivity index (χ3n) is 1.36. The van der Waals surface area contributed by atoms with Crippen LogP contribution in [-0.4, -0.2) is 6.67 Å². The van der Waals surface area contributed by atoms with Gasteiger partial charge in [0, 0.05) is 0 Å². The molecule has 0 spiro atoms. The molecule has 0 rings (SSSR count). The van der Waals surface area contributed by atoms with Crippen LogP contribution >= 0.6 is 0 Å². The fourth-order valence-electron chi connectivity index (χ4n) is 0.776. The summed E-state index contributed by atoms with van der Waals surface area (Å²) in [7, 11) is 0. The van der Waals surface area contributed by atoms with Gasteiger partial charge in [-0.25, -0.2) is 4.39 Å². The van der Waals surface area contributed by atoms with E-state index in [-0.39, 0.29) is 6.67 Å². The highest BCUT2D eigenvalue weighted by Gasteiger charge is 1.84. The zero-order valence-corrected chi connectivity index (χ0v) is 7.02. The number of halogens is 1. The van der Waals surface area contributed by atoms with Gasteiger partial charge in [-0.2, -0.15) is 0 Å². The molecule has 0 radical (unpaired) electrons. The second-order valence-corrected chi connectivity index (χ2v) is 2.41. The van der Waals surface area contributed by atoms with Crippen molar-refractivity contribution in [3.8, 4) is 0 Å². The highest BCUT2D eigenvalue weighted by atomic mass is 19.1. The first-order chi connectivity index (χ1) is 5.31. The van der Waals surface area contributed by atoms with Gasteiger partial charge in [0.05, 0.1) is 0 Å². The van der Waals surface area contributed by atoms with Gasteiger partial charge in [0.1, 0.15) is 6.67 Å². The maximum Gasteiger partial charge on any atom is 0.108 e. The van der Waals surface area contributed by atoms with Crippen LogP contribution in [0.2, 0.25) is 0 Å². The molecule has 0 bridgehead atoms. The molecule has 0 saturated carbocycles. The SMILES string of the molecule is C=C/C=C(/C)CC/C=C/CF. The predicted molar refractivity (Wildman–Crippen MR) is 48.3 cm³/mol. The molecule has 0 aliphatic rings. The van der Waals surface area contributed by atoms with Crippen molar-refractivity contribution in [3.63, 3.8) is 0 Å². The van der Waals surface area contributed by atoms with Crippen LogP contribution in [0.15, 0.2) is 36.5 Å². The first-order valence-corrected chi connectivity index (χ1v) is 3.80. The maximum absolute atomic E-state index is 11.5. The molecule has 0 atom stereocenters. The summed E-state index contributed by atoms with van der Waals surface area (Å²) < 4.78 is 11.5. The van der Waals surface area contributed by atoms with Crippen molar-refractivity contribution < 1.29 is 4.39 Å². The Balaban J connectivity index is 3.45.